The Labute approximate surface area is 161 Å². The van der Waals surface area contributed by atoms with Crippen LogP contribution in [0.15, 0.2) is 61.2 Å². The lowest BCUT2D eigenvalue weighted by Crippen LogP contribution is -2.08. The van der Waals surface area contributed by atoms with Crippen molar-refractivity contribution in [3.8, 4) is 17.2 Å². The Balaban J connectivity index is 1.80. The van der Waals surface area contributed by atoms with E-state index in [9.17, 15) is 4.79 Å². The SMILES string of the molecule is C=CCCCCOc1ccc(C(=O)Oc2ccc(OCCCC)cc2)cc1. The molecule has 2 rings (SSSR count). The molecule has 0 aliphatic rings. The van der Waals surface area contributed by atoms with E-state index in [0.29, 0.717) is 24.5 Å². The smallest absolute Gasteiger partial charge is 0.343 e. The molecule has 0 fully saturated rings. The van der Waals surface area contributed by atoms with Gasteiger partial charge in [0.05, 0.1) is 18.8 Å². The Bertz CT molecular complexity index is 689. The first-order chi connectivity index (χ1) is 13.2. The van der Waals surface area contributed by atoms with Gasteiger partial charge >= 0.3 is 5.97 Å². The monoisotopic (exact) mass is 368 g/mol. The Morgan fingerprint density at radius 3 is 2.00 bits per heavy atom. The van der Waals surface area contributed by atoms with Gasteiger partial charge in [0, 0.05) is 0 Å². The Morgan fingerprint density at radius 2 is 1.41 bits per heavy atom. The van der Waals surface area contributed by atoms with E-state index in [1.165, 1.54) is 0 Å². The first-order valence-corrected chi connectivity index (χ1v) is 9.51. The standard InChI is InChI=1S/C23H28O4/c1-3-5-7-8-18-26-20-11-9-19(10-12-20)23(24)27-22-15-13-21(14-16-22)25-17-6-4-2/h3,9-16H,1,4-8,17-18H2,2H3. The zero-order valence-corrected chi connectivity index (χ0v) is 16.0. The van der Waals surface area contributed by atoms with E-state index in [1.807, 2.05) is 18.2 Å². The molecule has 0 atom stereocenters. The summed E-state index contributed by atoms with van der Waals surface area (Å²) in [6.07, 6.45) is 7.07. The minimum absolute atomic E-state index is 0.396. The first kappa shape index (κ1) is 20.6. The second kappa shape index (κ2) is 11.8. The molecule has 4 heteroatoms. The van der Waals surface area contributed by atoms with Gasteiger partial charge in [0.15, 0.2) is 0 Å². The van der Waals surface area contributed by atoms with Gasteiger partial charge in [-0.15, -0.1) is 6.58 Å². The summed E-state index contributed by atoms with van der Waals surface area (Å²) >= 11 is 0. The zero-order chi connectivity index (χ0) is 19.3. The van der Waals surface area contributed by atoms with Crippen molar-refractivity contribution in [1.29, 1.82) is 0 Å². The highest BCUT2D eigenvalue weighted by atomic mass is 16.5. The highest BCUT2D eigenvalue weighted by Crippen LogP contribution is 2.20. The molecule has 0 amide bonds. The molecule has 0 radical (unpaired) electrons. The van der Waals surface area contributed by atoms with E-state index in [-0.39, 0.29) is 0 Å². The third kappa shape index (κ3) is 7.57. The summed E-state index contributed by atoms with van der Waals surface area (Å²) in [5, 5.41) is 0. The van der Waals surface area contributed by atoms with Crippen LogP contribution in [-0.4, -0.2) is 19.2 Å². The van der Waals surface area contributed by atoms with Crippen molar-refractivity contribution >= 4 is 5.97 Å². The fourth-order valence-corrected chi connectivity index (χ4v) is 2.37. The molecular weight excluding hydrogens is 340 g/mol. The number of carbonyl (C=O) groups is 1. The van der Waals surface area contributed by atoms with E-state index in [2.05, 4.69) is 13.5 Å². The fraction of sp³-hybridized carbons (Fsp3) is 0.348. The van der Waals surface area contributed by atoms with Crippen LogP contribution in [-0.2, 0) is 0 Å². The van der Waals surface area contributed by atoms with Gasteiger partial charge in [-0.3, -0.25) is 0 Å². The van der Waals surface area contributed by atoms with Crippen molar-refractivity contribution in [2.75, 3.05) is 13.2 Å². The van der Waals surface area contributed by atoms with Gasteiger partial charge in [-0.2, -0.15) is 0 Å². The Morgan fingerprint density at radius 1 is 0.852 bits per heavy atom. The van der Waals surface area contributed by atoms with Gasteiger partial charge in [0.1, 0.15) is 17.2 Å². The van der Waals surface area contributed by atoms with E-state index in [4.69, 9.17) is 14.2 Å². The summed E-state index contributed by atoms with van der Waals surface area (Å²) in [4.78, 5) is 12.2. The van der Waals surface area contributed by atoms with Gasteiger partial charge in [-0.1, -0.05) is 19.4 Å². The Kier molecular flexibility index (Phi) is 8.98. The molecule has 2 aromatic carbocycles. The van der Waals surface area contributed by atoms with Crippen molar-refractivity contribution in [2.24, 2.45) is 0 Å². The second-order valence-corrected chi connectivity index (χ2v) is 6.22. The molecule has 0 N–H and O–H groups in total. The van der Waals surface area contributed by atoms with Crippen molar-refractivity contribution in [3.63, 3.8) is 0 Å². The van der Waals surface area contributed by atoms with Crippen LogP contribution in [0.2, 0.25) is 0 Å². The molecule has 0 aromatic heterocycles. The maximum atomic E-state index is 12.2. The summed E-state index contributed by atoms with van der Waals surface area (Å²) in [5.41, 5.74) is 0.484. The average molecular weight is 368 g/mol. The minimum Gasteiger partial charge on any atom is -0.494 e. The quantitative estimate of drug-likeness (QED) is 0.205. The lowest BCUT2D eigenvalue weighted by molar-refractivity contribution is 0.0734. The van der Waals surface area contributed by atoms with Gasteiger partial charge in [0.25, 0.3) is 0 Å². The molecule has 0 bridgehead atoms. The third-order valence-electron chi connectivity index (χ3n) is 3.96. The van der Waals surface area contributed by atoms with Crippen molar-refractivity contribution in [3.05, 3.63) is 66.7 Å². The molecule has 27 heavy (non-hydrogen) atoms. The topological polar surface area (TPSA) is 44.8 Å². The van der Waals surface area contributed by atoms with Gasteiger partial charge in [-0.05, 0) is 74.2 Å². The highest BCUT2D eigenvalue weighted by Gasteiger charge is 2.09. The fourth-order valence-electron chi connectivity index (χ4n) is 2.37. The van der Waals surface area contributed by atoms with Crippen LogP contribution in [0, 0.1) is 0 Å². The van der Waals surface area contributed by atoms with E-state index >= 15 is 0 Å². The number of carbonyl (C=O) groups excluding carboxylic acids is 1. The predicted molar refractivity (Wildman–Crippen MR) is 108 cm³/mol. The van der Waals surface area contributed by atoms with Crippen LogP contribution < -0.4 is 14.2 Å². The lowest BCUT2D eigenvalue weighted by atomic mass is 10.2. The summed E-state index contributed by atoms with van der Waals surface area (Å²) < 4.78 is 16.7. The number of unbranched alkanes of at least 4 members (excludes halogenated alkanes) is 3. The number of benzene rings is 2. The molecular formula is C23H28O4. The summed E-state index contributed by atoms with van der Waals surface area (Å²) in [5.74, 6) is 1.62. The Hall–Kier alpha value is -2.75. The van der Waals surface area contributed by atoms with Crippen LogP contribution in [0.3, 0.4) is 0 Å². The molecule has 2 aromatic rings. The summed E-state index contributed by atoms with van der Waals surface area (Å²) in [6.45, 7) is 7.17. The third-order valence-corrected chi connectivity index (χ3v) is 3.96. The summed E-state index contributed by atoms with van der Waals surface area (Å²) in [6, 6.07) is 14.1. The van der Waals surface area contributed by atoms with Crippen LogP contribution in [0.5, 0.6) is 17.2 Å². The van der Waals surface area contributed by atoms with E-state index < -0.39 is 5.97 Å². The van der Waals surface area contributed by atoms with Crippen molar-refractivity contribution in [1.82, 2.24) is 0 Å². The lowest BCUT2D eigenvalue weighted by Gasteiger charge is -2.08. The van der Waals surface area contributed by atoms with Gasteiger partial charge in [-0.25, -0.2) is 4.79 Å². The number of allylic oxidation sites excluding steroid dienone is 1. The predicted octanol–water partition coefficient (Wildman–Crippen LogP) is 5.82. The number of esters is 1. The van der Waals surface area contributed by atoms with E-state index in [0.717, 1.165) is 43.6 Å². The van der Waals surface area contributed by atoms with Crippen LogP contribution >= 0.6 is 0 Å². The molecule has 0 aliphatic carbocycles. The van der Waals surface area contributed by atoms with Crippen molar-refractivity contribution in [2.45, 2.75) is 39.0 Å². The molecule has 144 valence electrons. The van der Waals surface area contributed by atoms with E-state index in [1.54, 1.807) is 36.4 Å². The number of rotatable bonds is 12. The molecule has 0 aliphatic heterocycles. The number of ether oxygens (including phenoxy) is 3. The molecule has 4 nitrogen and oxygen atoms in total. The maximum Gasteiger partial charge on any atom is 0.343 e. The largest absolute Gasteiger partial charge is 0.494 e. The first-order valence-electron chi connectivity index (χ1n) is 9.51. The summed E-state index contributed by atoms with van der Waals surface area (Å²) in [7, 11) is 0. The molecule has 0 heterocycles. The van der Waals surface area contributed by atoms with Gasteiger partial charge < -0.3 is 14.2 Å². The normalized spacial score (nSPS) is 10.3. The van der Waals surface area contributed by atoms with Crippen LogP contribution in [0.1, 0.15) is 49.4 Å². The van der Waals surface area contributed by atoms with Crippen molar-refractivity contribution < 1.29 is 19.0 Å². The van der Waals surface area contributed by atoms with Crippen LogP contribution in [0.25, 0.3) is 0 Å². The number of hydrogen-bond acceptors (Lipinski definition) is 4. The average Bonchev–Trinajstić information content (AvgIpc) is 2.70. The molecule has 0 saturated carbocycles. The molecule has 0 saturated heterocycles. The minimum atomic E-state index is -0.396. The van der Waals surface area contributed by atoms with Gasteiger partial charge in [0.2, 0.25) is 0 Å². The highest BCUT2D eigenvalue weighted by molar-refractivity contribution is 5.91. The second-order valence-electron chi connectivity index (χ2n) is 6.22. The van der Waals surface area contributed by atoms with Crippen LogP contribution in [0.4, 0.5) is 0 Å². The maximum absolute atomic E-state index is 12.2. The zero-order valence-electron chi connectivity index (χ0n) is 16.0. The molecule has 0 spiro atoms. The molecule has 0 unspecified atom stereocenters. The number of hydrogen-bond donors (Lipinski definition) is 0.